The molecule has 118 valence electrons. The summed E-state index contributed by atoms with van der Waals surface area (Å²) in [5.41, 5.74) is 2.89. The van der Waals surface area contributed by atoms with Gasteiger partial charge >= 0.3 is 0 Å². The van der Waals surface area contributed by atoms with Crippen LogP contribution in [0.4, 0.5) is 0 Å². The molecular weight excluding hydrogens is 274 g/mol. The molecule has 1 unspecified atom stereocenters. The third kappa shape index (κ3) is 5.34. The highest BCUT2D eigenvalue weighted by Gasteiger charge is 2.17. The first-order valence-corrected chi connectivity index (χ1v) is 9.70. The van der Waals surface area contributed by atoms with Gasteiger partial charge in [0, 0.05) is 17.0 Å². The molecule has 1 fully saturated rings. The van der Waals surface area contributed by atoms with Crippen molar-refractivity contribution in [1.82, 2.24) is 5.32 Å². The van der Waals surface area contributed by atoms with E-state index < -0.39 is 0 Å². The normalized spacial score (nSPS) is 18.1. The molecule has 1 saturated carbocycles. The molecule has 1 aromatic carbocycles. The highest BCUT2D eigenvalue weighted by molar-refractivity contribution is 7.99. The minimum Gasteiger partial charge on any atom is -0.310 e. The fraction of sp³-hybridized carbons (Fsp3) is 0.684. The van der Waals surface area contributed by atoms with E-state index in [0.717, 1.165) is 11.8 Å². The van der Waals surface area contributed by atoms with Crippen LogP contribution in [0, 0.1) is 0 Å². The molecule has 0 radical (unpaired) electrons. The van der Waals surface area contributed by atoms with Crippen molar-refractivity contribution < 1.29 is 0 Å². The Bertz CT molecular complexity index is 393. The number of rotatable bonds is 7. The summed E-state index contributed by atoms with van der Waals surface area (Å²) in [5, 5.41) is 4.56. The summed E-state index contributed by atoms with van der Waals surface area (Å²) < 4.78 is 0. The summed E-state index contributed by atoms with van der Waals surface area (Å²) in [4.78, 5) is 0. The smallest absolute Gasteiger partial charge is 0.0411 e. The Morgan fingerprint density at radius 3 is 2.24 bits per heavy atom. The van der Waals surface area contributed by atoms with Gasteiger partial charge in [-0.1, -0.05) is 64.3 Å². The average Bonchev–Trinajstić information content (AvgIpc) is 2.52. The minimum atomic E-state index is 0.503. The van der Waals surface area contributed by atoms with E-state index in [4.69, 9.17) is 0 Å². The molecule has 1 N–H and O–H groups in total. The van der Waals surface area contributed by atoms with Crippen LogP contribution in [0.5, 0.6) is 0 Å². The SMILES string of the molecule is CCNC(CSC1CCCCC1)c1ccc(C(C)C)cc1. The van der Waals surface area contributed by atoms with E-state index in [1.165, 1.54) is 49.0 Å². The van der Waals surface area contributed by atoms with Gasteiger partial charge in [0.1, 0.15) is 0 Å². The molecule has 0 aromatic heterocycles. The summed E-state index contributed by atoms with van der Waals surface area (Å²) in [6, 6.07) is 9.75. The molecule has 0 bridgehead atoms. The van der Waals surface area contributed by atoms with E-state index in [9.17, 15) is 0 Å². The molecule has 1 atom stereocenters. The maximum Gasteiger partial charge on any atom is 0.0411 e. The van der Waals surface area contributed by atoms with Gasteiger partial charge in [-0.15, -0.1) is 0 Å². The van der Waals surface area contributed by atoms with Crippen molar-refractivity contribution in [2.75, 3.05) is 12.3 Å². The predicted octanol–water partition coefficient (Wildman–Crippen LogP) is 5.53. The van der Waals surface area contributed by atoms with Crippen molar-refractivity contribution in [3.8, 4) is 0 Å². The Morgan fingerprint density at radius 1 is 1.05 bits per heavy atom. The molecule has 0 heterocycles. The molecule has 21 heavy (non-hydrogen) atoms. The van der Waals surface area contributed by atoms with Crippen molar-refractivity contribution in [2.45, 2.75) is 70.1 Å². The molecule has 0 amide bonds. The van der Waals surface area contributed by atoms with E-state index in [1.54, 1.807) is 0 Å². The second kappa shape index (κ2) is 8.85. The lowest BCUT2D eigenvalue weighted by molar-refractivity contribution is 0.514. The first-order chi connectivity index (χ1) is 10.2. The van der Waals surface area contributed by atoms with E-state index in [-0.39, 0.29) is 0 Å². The van der Waals surface area contributed by atoms with Gasteiger partial charge < -0.3 is 5.32 Å². The van der Waals surface area contributed by atoms with Gasteiger partial charge in [0.05, 0.1) is 0 Å². The van der Waals surface area contributed by atoms with Crippen LogP contribution in [-0.2, 0) is 0 Å². The topological polar surface area (TPSA) is 12.0 Å². The standard InChI is InChI=1S/C19H31NS/c1-4-20-19(14-21-18-8-6-5-7-9-18)17-12-10-16(11-13-17)15(2)3/h10-13,15,18-20H,4-9,14H2,1-3H3. The van der Waals surface area contributed by atoms with Gasteiger partial charge in [0.25, 0.3) is 0 Å². The third-order valence-electron chi connectivity index (χ3n) is 4.51. The van der Waals surface area contributed by atoms with Crippen molar-refractivity contribution in [1.29, 1.82) is 0 Å². The van der Waals surface area contributed by atoms with Gasteiger partial charge in [-0.05, 0) is 36.4 Å². The maximum absolute atomic E-state index is 3.67. The Balaban J connectivity index is 1.93. The first kappa shape index (κ1) is 16.9. The van der Waals surface area contributed by atoms with Crippen LogP contribution >= 0.6 is 11.8 Å². The molecule has 2 rings (SSSR count). The van der Waals surface area contributed by atoms with E-state index in [0.29, 0.717) is 12.0 Å². The summed E-state index contributed by atoms with van der Waals surface area (Å²) in [6.45, 7) is 7.77. The maximum atomic E-state index is 3.67. The summed E-state index contributed by atoms with van der Waals surface area (Å²) in [7, 11) is 0. The van der Waals surface area contributed by atoms with Crippen LogP contribution in [-0.4, -0.2) is 17.5 Å². The van der Waals surface area contributed by atoms with Crippen LogP contribution in [0.3, 0.4) is 0 Å². The Hall–Kier alpha value is -0.470. The largest absolute Gasteiger partial charge is 0.310 e. The lowest BCUT2D eigenvalue weighted by atomic mass is 9.99. The molecule has 1 nitrogen and oxygen atoms in total. The van der Waals surface area contributed by atoms with Crippen LogP contribution in [0.2, 0.25) is 0 Å². The van der Waals surface area contributed by atoms with Gasteiger partial charge in [0.15, 0.2) is 0 Å². The molecule has 0 spiro atoms. The minimum absolute atomic E-state index is 0.503. The summed E-state index contributed by atoms with van der Waals surface area (Å²) in [6.07, 6.45) is 7.18. The second-order valence-corrected chi connectivity index (χ2v) is 7.86. The number of hydrogen-bond donors (Lipinski definition) is 1. The highest BCUT2D eigenvalue weighted by atomic mass is 32.2. The molecule has 2 heteroatoms. The van der Waals surface area contributed by atoms with Crippen LogP contribution in [0.1, 0.15) is 76.0 Å². The Kier molecular flexibility index (Phi) is 7.12. The van der Waals surface area contributed by atoms with Crippen LogP contribution in [0.15, 0.2) is 24.3 Å². The number of thioether (sulfide) groups is 1. The van der Waals surface area contributed by atoms with Gasteiger partial charge in [0.2, 0.25) is 0 Å². The lowest BCUT2D eigenvalue weighted by Gasteiger charge is -2.25. The van der Waals surface area contributed by atoms with Crippen molar-refractivity contribution in [3.05, 3.63) is 35.4 Å². The van der Waals surface area contributed by atoms with Crippen molar-refractivity contribution in [2.24, 2.45) is 0 Å². The average molecular weight is 306 g/mol. The molecule has 1 aromatic rings. The van der Waals surface area contributed by atoms with Gasteiger partial charge in [-0.25, -0.2) is 0 Å². The molecule has 1 aliphatic rings. The Labute approximate surface area is 135 Å². The zero-order valence-electron chi connectivity index (χ0n) is 13.9. The number of hydrogen-bond acceptors (Lipinski definition) is 2. The first-order valence-electron chi connectivity index (χ1n) is 8.65. The van der Waals surface area contributed by atoms with E-state index in [2.05, 4.69) is 62.1 Å². The number of benzene rings is 1. The molecule has 0 saturated heterocycles. The van der Waals surface area contributed by atoms with E-state index >= 15 is 0 Å². The molecular formula is C19H31NS. The summed E-state index contributed by atoms with van der Waals surface area (Å²) in [5.74, 6) is 1.83. The number of nitrogens with one attached hydrogen (secondary N) is 1. The van der Waals surface area contributed by atoms with Crippen molar-refractivity contribution in [3.63, 3.8) is 0 Å². The second-order valence-electron chi connectivity index (χ2n) is 6.52. The predicted molar refractivity (Wildman–Crippen MR) is 96.3 cm³/mol. The summed E-state index contributed by atoms with van der Waals surface area (Å²) >= 11 is 2.19. The highest BCUT2D eigenvalue weighted by Crippen LogP contribution is 2.31. The quantitative estimate of drug-likeness (QED) is 0.711. The Morgan fingerprint density at radius 2 is 1.67 bits per heavy atom. The van der Waals surface area contributed by atoms with Gasteiger partial charge in [-0.3, -0.25) is 0 Å². The zero-order chi connectivity index (χ0) is 15.1. The van der Waals surface area contributed by atoms with Gasteiger partial charge in [-0.2, -0.15) is 11.8 Å². The zero-order valence-corrected chi connectivity index (χ0v) is 14.7. The van der Waals surface area contributed by atoms with Crippen molar-refractivity contribution >= 4 is 11.8 Å². The fourth-order valence-corrected chi connectivity index (χ4v) is 4.54. The lowest BCUT2D eigenvalue weighted by Crippen LogP contribution is -2.24. The monoisotopic (exact) mass is 305 g/mol. The molecule has 0 aliphatic heterocycles. The van der Waals surface area contributed by atoms with E-state index in [1.807, 2.05) is 0 Å². The molecule has 1 aliphatic carbocycles. The van der Waals surface area contributed by atoms with Crippen LogP contribution in [0.25, 0.3) is 0 Å². The van der Waals surface area contributed by atoms with Crippen LogP contribution < -0.4 is 5.32 Å². The fourth-order valence-electron chi connectivity index (χ4n) is 3.10. The third-order valence-corrected chi connectivity index (χ3v) is 5.98.